The minimum absolute atomic E-state index is 0.211. The summed E-state index contributed by atoms with van der Waals surface area (Å²) in [6.45, 7) is 3.63. The van der Waals surface area contributed by atoms with Gasteiger partial charge in [-0.15, -0.1) is 0 Å². The normalized spacial score (nSPS) is 14.5. The highest BCUT2D eigenvalue weighted by atomic mass is 31.2. The second-order valence-electron chi connectivity index (χ2n) is 14.9. The van der Waals surface area contributed by atoms with Crippen molar-refractivity contribution >= 4 is 19.6 Å². The number of ether oxygens (including phenoxy) is 1. The van der Waals surface area contributed by atoms with Crippen molar-refractivity contribution in [3.05, 3.63) is 0 Å². The number of phosphoric ester groups is 1. The molecule has 0 aromatic carbocycles. The van der Waals surface area contributed by atoms with Gasteiger partial charge in [-0.2, -0.15) is 0 Å². The Bertz CT molecular complexity index is 819. The zero-order chi connectivity index (χ0) is 35.9. The van der Waals surface area contributed by atoms with Crippen LogP contribution in [0.5, 0.6) is 0 Å². The number of phosphoric acid groups is 1. The second-order valence-corrected chi connectivity index (χ2v) is 16.3. The quantitative estimate of drug-likeness (QED) is 0.0286. The molecule has 3 atom stereocenters. The van der Waals surface area contributed by atoms with Gasteiger partial charge < -0.3 is 19.2 Å². The van der Waals surface area contributed by atoms with Gasteiger partial charge >= 0.3 is 13.8 Å². The van der Waals surface area contributed by atoms with E-state index >= 15 is 0 Å². The Morgan fingerprint density at radius 3 is 1.38 bits per heavy atom. The summed E-state index contributed by atoms with van der Waals surface area (Å²) in [5.74, 6) is -0.695. The summed E-state index contributed by atoms with van der Waals surface area (Å²) in [6.07, 6.45) is 27.0. The number of ketones is 1. The van der Waals surface area contributed by atoms with Crippen LogP contribution < -0.4 is 0 Å². The number of aliphatic hydroxyl groups excluding tert-OH is 1. The lowest BCUT2D eigenvalue weighted by molar-refractivity contribution is -0.872. The molecule has 0 fully saturated rings. The Hall–Kier alpha value is -0.830. The number of likely N-dealkylation sites (N-methyl/N-ethyl adjacent to an activating group) is 1. The summed E-state index contributed by atoms with van der Waals surface area (Å²) in [7, 11) is 0.996. The van der Waals surface area contributed by atoms with E-state index in [1.54, 1.807) is 0 Å². The molecule has 0 bridgehead atoms. The van der Waals surface area contributed by atoms with E-state index in [2.05, 4.69) is 13.8 Å². The van der Waals surface area contributed by atoms with Crippen LogP contribution in [0.15, 0.2) is 0 Å². The van der Waals surface area contributed by atoms with E-state index in [0.717, 1.165) is 32.1 Å². The van der Waals surface area contributed by atoms with Crippen LogP contribution in [0.25, 0.3) is 0 Å². The van der Waals surface area contributed by atoms with Gasteiger partial charge in [0.1, 0.15) is 12.6 Å². The van der Waals surface area contributed by atoms with Crippen molar-refractivity contribution in [3.8, 4) is 0 Å². The molecule has 0 spiro atoms. The fourth-order valence-corrected chi connectivity index (χ4v) is 6.76. The third kappa shape index (κ3) is 31.2. The second kappa shape index (κ2) is 30.9. The number of carbonyl (C=O) groups excluding carboxylic acids is 2. The Morgan fingerprint density at radius 2 is 1.00 bits per heavy atom. The number of carbonyl (C=O) groups is 2. The van der Waals surface area contributed by atoms with E-state index in [0.29, 0.717) is 17.3 Å². The number of nitrogens with zero attached hydrogens (tertiary/aromatic N) is 1. The summed E-state index contributed by atoms with van der Waals surface area (Å²) in [5.41, 5.74) is 0. The minimum Gasteiger partial charge on any atom is -0.457 e. The fraction of sp³-hybridized carbons (Fsp3) is 0.947. The maximum Gasteiger partial charge on any atom is 0.473 e. The number of quaternary nitrogens is 1. The van der Waals surface area contributed by atoms with Crippen molar-refractivity contribution in [2.24, 2.45) is 0 Å². The van der Waals surface area contributed by atoms with E-state index in [1.165, 1.54) is 109 Å². The van der Waals surface area contributed by atoms with Crippen LogP contribution in [0, 0.1) is 0 Å². The zero-order valence-corrected chi connectivity index (χ0v) is 32.8. The smallest absolute Gasteiger partial charge is 0.457 e. The van der Waals surface area contributed by atoms with Gasteiger partial charge in [0.05, 0.1) is 34.4 Å². The first-order chi connectivity index (χ1) is 22.9. The maximum atomic E-state index is 13.0. The van der Waals surface area contributed by atoms with Gasteiger partial charge in [-0.25, -0.2) is 4.57 Å². The van der Waals surface area contributed by atoms with Crippen molar-refractivity contribution in [1.29, 1.82) is 0 Å². The molecule has 2 unspecified atom stereocenters. The molecule has 0 aromatic heterocycles. The number of rotatable bonds is 36. The minimum atomic E-state index is -4.65. The van der Waals surface area contributed by atoms with E-state index in [1.807, 2.05) is 21.1 Å². The molecule has 286 valence electrons. The third-order valence-corrected chi connectivity index (χ3v) is 9.77. The van der Waals surface area contributed by atoms with Gasteiger partial charge in [0.25, 0.3) is 0 Å². The number of aliphatic hydroxyl groups is 1. The fourth-order valence-electron chi connectivity index (χ4n) is 5.84. The molecule has 0 aliphatic rings. The van der Waals surface area contributed by atoms with Crippen molar-refractivity contribution < 1.29 is 42.4 Å². The van der Waals surface area contributed by atoms with Gasteiger partial charge in [0, 0.05) is 12.8 Å². The van der Waals surface area contributed by atoms with E-state index in [-0.39, 0.29) is 25.2 Å². The Balaban J connectivity index is 4.33. The molecular formula is C38H77NO8P+. The van der Waals surface area contributed by atoms with Crippen LogP contribution in [0.2, 0.25) is 0 Å². The lowest BCUT2D eigenvalue weighted by atomic mass is 10.0. The van der Waals surface area contributed by atoms with Crippen molar-refractivity contribution in [2.75, 3.05) is 40.9 Å². The van der Waals surface area contributed by atoms with Gasteiger partial charge in [-0.1, -0.05) is 155 Å². The van der Waals surface area contributed by atoms with Crippen LogP contribution >= 0.6 is 7.82 Å². The largest absolute Gasteiger partial charge is 0.473 e. The lowest BCUT2D eigenvalue weighted by Gasteiger charge is -2.29. The first-order valence-corrected chi connectivity index (χ1v) is 21.2. The molecular weight excluding hydrogens is 629 g/mol. The van der Waals surface area contributed by atoms with Crippen LogP contribution in [0.1, 0.15) is 181 Å². The van der Waals surface area contributed by atoms with Crippen LogP contribution in [-0.2, 0) is 27.9 Å². The first kappa shape index (κ1) is 47.2. The van der Waals surface area contributed by atoms with Crippen LogP contribution in [-0.4, -0.2) is 79.3 Å². The molecule has 0 aliphatic carbocycles. The first-order valence-electron chi connectivity index (χ1n) is 19.7. The van der Waals surface area contributed by atoms with Crippen molar-refractivity contribution in [1.82, 2.24) is 0 Å². The molecule has 0 amide bonds. The van der Waals surface area contributed by atoms with Gasteiger partial charge in [-0.3, -0.25) is 18.6 Å². The van der Waals surface area contributed by atoms with Gasteiger partial charge in [0.2, 0.25) is 0 Å². The maximum absolute atomic E-state index is 13.0. The van der Waals surface area contributed by atoms with Crippen molar-refractivity contribution in [2.45, 2.75) is 193 Å². The van der Waals surface area contributed by atoms with E-state index in [4.69, 9.17) is 13.8 Å². The average Bonchev–Trinajstić information content (AvgIpc) is 3.02. The summed E-state index contributed by atoms with van der Waals surface area (Å²) in [4.78, 5) is 35.8. The lowest BCUT2D eigenvalue weighted by Crippen LogP contribution is -2.45. The molecule has 0 saturated heterocycles. The Kier molecular flexibility index (Phi) is 30.4. The highest BCUT2D eigenvalue weighted by molar-refractivity contribution is 7.47. The average molecular weight is 707 g/mol. The number of Topliss-reactive ketones (excluding diaryl/α,β-unsaturated/α-hetero) is 1. The molecule has 48 heavy (non-hydrogen) atoms. The zero-order valence-electron chi connectivity index (χ0n) is 31.9. The monoisotopic (exact) mass is 707 g/mol. The van der Waals surface area contributed by atoms with E-state index < -0.39 is 39.2 Å². The van der Waals surface area contributed by atoms with Gasteiger partial charge in [0.15, 0.2) is 11.9 Å². The summed E-state index contributed by atoms with van der Waals surface area (Å²) in [5, 5.41) is 9.69. The Labute approximate surface area is 295 Å². The number of unbranched alkanes of at least 4 members (excludes halogenated alkanes) is 22. The number of hydrogen-bond donors (Lipinski definition) is 2. The molecule has 9 nitrogen and oxygen atoms in total. The number of esters is 1. The molecule has 10 heteroatoms. The molecule has 0 saturated carbocycles. The number of hydrogen-bond acceptors (Lipinski definition) is 7. The topological polar surface area (TPSA) is 119 Å². The molecule has 0 aromatic rings. The Morgan fingerprint density at radius 1 is 0.625 bits per heavy atom. The molecule has 0 rings (SSSR count). The summed E-state index contributed by atoms with van der Waals surface area (Å²) >= 11 is 0. The SMILES string of the molecule is CCCCCCCCCCCCCCCC(=O)O[C@H](CO)COP(=O)(O)OC(C[N+](C)(C)C)C(=O)CCCCCCCCCCCCC. The molecule has 0 aliphatic heterocycles. The highest BCUT2D eigenvalue weighted by Crippen LogP contribution is 2.45. The van der Waals surface area contributed by atoms with E-state index in [9.17, 15) is 24.2 Å². The van der Waals surface area contributed by atoms with Crippen LogP contribution in [0.4, 0.5) is 0 Å². The predicted octanol–water partition coefficient (Wildman–Crippen LogP) is 9.85. The summed E-state index contributed by atoms with van der Waals surface area (Å²) in [6, 6.07) is 0. The molecule has 0 heterocycles. The standard InChI is InChI=1S/C38H76NO8P/c1-6-8-10-12-14-16-18-19-21-23-25-27-29-31-38(42)46-35(33-40)34-45-48(43,44)47-37(32-39(3,4)5)36(41)30-28-26-24-22-20-17-15-13-11-9-7-2/h35,37,40H,6-34H2,1-5H3/p+1/t35-,37?/m1/s1. The van der Waals surface area contributed by atoms with Crippen molar-refractivity contribution in [3.63, 3.8) is 0 Å². The summed E-state index contributed by atoms with van der Waals surface area (Å²) < 4.78 is 29.0. The van der Waals surface area contributed by atoms with Gasteiger partial charge in [-0.05, 0) is 12.8 Å². The highest BCUT2D eigenvalue weighted by Gasteiger charge is 2.35. The third-order valence-electron chi connectivity index (χ3n) is 8.77. The molecule has 0 radical (unpaired) electrons. The predicted molar refractivity (Wildman–Crippen MR) is 197 cm³/mol. The van der Waals surface area contributed by atoms with Crippen LogP contribution in [0.3, 0.4) is 0 Å². The molecule has 2 N–H and O–H groups in total.